The lowest BCUT2D eigenvalue weighted by Gasteiger charge is -2.32. The number of piperidine rings is 1. The van der Waals surface area contributed by atoms with Gasteiger partial charge in [0, 0.05) is 53.8 Å². The van der Waals surface area contributed by atoms with E-state index in [-0.39, 0.29) is 29.4 Å². The first-order chi connectivity index (χ1) is 19.3. The van der Waals surface area contributed by atoms with Crippen LogP contribution < -0.4 is 10.5 Å². The van der Waals surface area contributed by atoms with Crippen molar-refractivity contribution >= 4 is 34.9 Å². The molecule has 1 aromatic carbocycles. The Hall–Kier alpha value is -2.92. The third-order valence-electron chi connectivity index (χ3n) is 6.74. The molecule has 0 bridgehead atoms. The van der Waals surface area contributed by atoms with Crippen molar-refractivity contribution in [3.8, 4) is 16.9 Å². The lowest BCUT2D eigenvalue weighted by Crippen LogP contribution is -2.41. The van der Waals surface area contributed by atoms with Gasteiger partial charge in [0.2, 0.25) is 5.91 Å². The standard InChI is InChI=1S/C28H34Cl2FN5O4/c1-3-10-38-11-12-39-17-25(37)35-8-6-21(7-9-35)36-16-20(15-34-36)19-13-24(28(32)33-14-19)40-18(2)26-22(29)4-5-23(31)27(26)30/h4-5,13-16,18,21H,3,6-12,17H2,1-2H3,(H2,32,33)/t18-/m0/s1. The van der Waals surface area contributed by atoms with E-state index in [9.17, 15) is 9.18 Å². The number of ether oxygens (including phenoxy) is 3. The van der Waals surface area contributed by atoms with Crippen LogP contribution in [0.3, 0.4) is 0 Å². The first kappa shape index (κ1) is 30.0. The van der Waals surface area contributed by atoms with Crippen molar-refractivity contribution in [3.05, 3.63) is 58.2 Å². The summed E-state index contributed by atoms with van der Waals surface area (Å²) in [5.41, 5.74) is 8.00. The Morgan fingerprint density at radius 1 is 1.15 bits per heavy atom. The molecule has 216 valence electrons. The summed E-state index contributed by atoms with van der Waals surface area (Å²) in [7, 11) is 0. The van der Waals surface area contributed by atoms with Crippen LogP contribution in [0.5, 0.6) is 5.75 Å². The van der Waals surface area contributed by atoms with Gasteiger partial charge in [0.15, 0.2) is 11.6 Å². The average molecular weight is 595 g/mol. The molecule has 0 unspecified atom stereocenters. The highest BCUT2D eigenvalue weighted by Gasteiger charge is 2.25. The molecule has 3 heterocycles. The second kappa shape index (κ2) is 14.1. The molecule has 1 amide bonds. The summed E-state index contributed by atoms with van der Waals surface area (Å²) in [4.78, 5) is 18.6. The van der Waals surface area contributed by atoms with E-state index in [1.54, 1.807) is 25.4 Å². The van der Waals surface area contributed by atoms with Gasteiger partial charge >= 0.3 is 0 Å². The lowest BCUT2D eigenvalue weighted by atomic mass is 10.1. The van der Waals surface area contributed by atoms with Crippen LogP contribution in [0.2, 0.25) is 10.0 Å². The first-order valence-corrected chi connectivity index (χ1v) is 14.1. The number of nitrogens with zero attached hydrogens (tertiary/aromatic N) is 4. The number of benzene rings is 1. The van der Waals surface area contributed by atoms with Gasteiger partial charge in [-0.3, -0.25) is 9.48 Å². The number of carbonyl (C=O) groups excluding carboxylic acids is 1. The Kier molecular flexibility index (Phi) is 10.6. The van der Waals surface area contributed by atoms with E-state index < -0.39 is 11.9 Å². The number of hydrogen-bond acceptors (Lipinski definition) is 7. The number of anilines is 1. The number of aromatic nitrogens is 3. The molecule has 1 aliphatic heterocycles. The van der Waals surface area contributed by atoms with Gasteiger partial charge in [0.05, 0.1) is 30.5 Å². The molecule has 3 aromatic rings. The summed E-state index contributed by atoms with van der Waals surface area (Å²) in [5.74, 6) is -0.0907. The molecule has 2 N–H and O–H groups in total. The van der Waals surface area contributed by atoms with Gasteiger partial charge in [0.1, 0.15) is 18.5 Å². The topological polar surface area (TPSA) is 105 Å². The summed E-state index contributed by atoms with van der Waals surface area (Å²) in [6.45, 7) is 6.71. The normalized spacial score (nSPS) is 14.9. The minimum absolute atomic E-state index is 0.00869. The van der Waals surface area contributed by atoms with Gasteiger partial charge in [-0.1, -0.05) is 30.1 Å². The van der Waals surface area contributed by atoms with Crippen LogP contribution in [0.1, 0.15) is 50.8 Å². The van der Waals surface area contributed by atoms with Crippen molar-refractivity contribution in [1.82, 2.24) is 19.7 Å². The van der Waals surface area contributed by atoms with Crippen molar-refractivity contribution in [1.29, 1.82) is 0 Å². The van der Waals surface area contributed by atoms with E-state index >= 15 is 0 Å². The number of amides is 1. The summed E-state index contributed by atoms with van der Waals surface area (Å²) in [6.07, 6.45) is 7.20. The Morgan fingerprint density at radius 2 is 1.90 bits per heavy atom. The Balaban J connectivity index is 1.34. The van der Waals surface area contributed by atoms with Crippen LogP contribution in [-0.4, -0.2) is 65.1 Å². The zero-order valence-electron chi connectivity index (χ0n) is 22.6. The smallest absolute Gasteiger partial charge is 0.248 e. The summed E-state index contributed by atoms with van der Waals surface area (Å²) >= 11 is 12.4. The maximum Gasteiger partial charge on any atom is 0.248 e. The SMILES string of the molecule is CCCOCCOCC(=O)N1CCC(n2cc(-c3cnc(N)c(O[C@@H](C)c4c(Cl)ccc(F)c4Cl)c3)cn2)CC1. The molecule has 40 heavy (non-hydrogen) atoms. The number of carbonyl (C=O) groups is 1. The molecule has 0 aliphatic carbocycles. The van der Waals surface area contributed by atoms with Crippen LogP contribution in [0.4, 0.5) is 10.2 Å². The summed E-state index contributed by atoms with van der Waals surface area (Å²) in [5, 5.41) is 4.76. The second-order valence-corrected chi connectivity index (χ2v) is 10.4. The van der Waals surface area contributed by atoms with Crippen LogP contribution in [-0.2, 0) is 14.3 Å². The van der Waals surface area contributed by atoms with Gasteiger partial charge in [-0.25, -0.2) is 9.37 Å². The van der Waals surface area contributed by atoms with Gasteiger partial charge < -0.3 is 24.8 Å². The molecule has 1 atom stereocenters. The van der Waals surface area contributed by atoms with Gasteiger partial charge in [-0.15, -0.1) is 0 Å². The third-order valence-corrected chi connectivity index (χ3v) is 7.46. The summed E-state index contributed by atoms with van der Waals surface area (Å²) in [6, 6.07) is 4.56. The molecule has 1 saturated heterocycles. The van der Waals surface area contributed by atoms with Crippen molar-refractivity contribution < 1.29 is 23.4 Å². The predicted molar refractivity (Wildman–Crippen MR) is 152 cm³/mol. The molecule has 0 spiro atoms. The molecule has 0 radical (unpaired) electrons. The number of rotatable bonds is 12. The fourth-order valence-electron chi connectivity index (χ4n) is 4.55. The predicted octanol–water partition coefficient (Wildman–Crippen LogP) is 5.72. The first-order valence-electron chi connectivity index (χ1n) is 13.3. The number of hydrogen-bond donors (Lipinski definition) is 1. The quantitative estimate of drug-likeness (QED) is 0.211. The maximum atomic E-state index is 14.0. The lowest BCUT2D eigenvalue weighted by molar-refractivity contribution is -0.138. The fraction of sp³-hybridized carbons (Fsp3) is 0.464. The number of pyridine rings is 1. The van der Waals surface area contributed by atoms with Gasteiger partial charge in [0.25, 0.3) is 0 Å². The van der Waals surface area contributed by atoms with Crippen molar-refractivity contribution in [2.24, 2.45) is 0 Å². The number of nitrogen functional groups attached to an aromatic ring is 1. The molecule has 0 saturated carbocycles. The number of halogens is 3. The molecule has 9 nitrogen and oxygen atoms in total. The van der Waals surface area contributed by atoms with Crippen LogP contribution in [0.15, 0.2) is 36.8 Å². The van der Waals surface area contributed by atoms with E-state index in [4.69, 9.17) is 43.1 Å². The highest BCUT2D eigenvalue weighted by molar-refractivity contribution is 6.36. The fourth-order valence-corrected chi connectivity index (χ4v) is 5.23. The van der Waals surface area contributed by atoms with E-state index in [0.717, 1.165) is 30.4 Å². The monoisotopic (exact) mass is 593 g/mol. The Bertz CT molecular complexity index is 1300. The van der Waals surface area contributed by atoms with E-state index in [1.807, 2.05) is 22.7 Å². The largest absolute Gasteiger partial charge is 0.482 e. The van der Waals surface area contributed by atoms with E-state index in [0.29, 0.717) is 49.2 Å². The van der Waals surface area contributed by atoms with Gasteiger partial charge in [-0.05, 0) is 44.4 Å². The Morgan fingerprint density at radius 3 is 2.65 bits per heavy atom. The number of likely N-dealkylation sites (tertiary alicyclic amines) is 1. The van der Waals surface area contributed by atoms with E-state index in [2.05, 4.69) is 10.1 Å². The van der Waals surface area contributed by atoms with Crippen molar-refractivity contribution in [2.45, 2.75) is 45.3 Å². The summed E-state index contributed by atoms with van der Waals surface area (Å²) < 4.78 is 32.8. The van der Waals surface area contributed by atoms with Crippen molar-refractivity contribution in [3.63, 3.8) is 0 Å². The zero-order valence-corrected chi connectivity index (χ0v) is 24.1. The molecule has 2 aromatic heterocycles. The molecule has 12 heteroatoms. The molecular formula is C28H34Cl2FN5O4. The number of nitrogens with two attached hydrogens (primary N) is 1. The molecule has 1 fully saturated rings. The van der Waals surface area contributed by atoms with Crippen LogP contribution in [0, 0.1) is 5.82 Å². The average Bonchev–Trinajstić information content (AvgIpc) is 3.44. The highest BCUT2D eigenvalue weighted by atomic mass is 35.5. The minimum atomic E-state index is -0.676. The van der Waals surface area contributed by atoms with Crippen molar-refractivity contribution in [2.75, 3.05) is 45.3 Å². The van der Waals surface area contributed by atoms with E-state index in [1.165, 1.54) is 12.1 Å². The maximum absolute atomic E-state index is 14.0. The van der Waals surface area contributed by atoms with Gasteiger partial charge in [-0.2, -0.15) is 5.10 Å². The highest BCUT2D eigenvalue weighted by Crippen LogP contribution is 2.37. The molecular weight excluding hydrogens is 560 g/mol. The Labute approximate surface area is 243 Å². The molecule has 4 rings (SSSR count). The van der Waals surface area contributed by atoms with Crippen LogP contribution in [0.25, 0.3) is 11.1 Å². The third kappa shape index (κ3) is 7.42. The van der Waals surface area contributed by atoms with Crippen LogP contribution >= 0.6 is 23.2 Å². The molecule has 1 aliphatic rings. The minimum Gasteiger partial charge on any atom is -0.482 e. The second-order valence-electron chi connectivity index (χ2n) is 9.61. The zero-order chi connectivity index (χ0) is 28.6.